The van der Waals surface area contributed by atoms with E-state index in [-0.39, 0.29) is 22.9 Å². The molecule has 3 N–H and O–H groups in total. The molecule has 2 aromatic carbocycles. The number of aryl methyl sites for hydroxylation is 1. The van der Waals surface area contributed by atoms with Crippen LogP contribution in [0.4, 0.5) is 0 Å². The van der Waals surface area contributed by atoms with Gasteiger partial charge in [0.1, 0.15) is 0 Å². The van der Waals surface area contributed by atoms with Crippen LogP contribution in [-0.2, 0) is 12.8 Å². The zero-order valence-electron chi connectivity index (χ0n) is 20.5. The van der Waals surface area contributed by atoms with E-state index in [1.165, 1.54) is 0 Å². The lowest BCUT2D eigenvalue weighted by molar-refractivity contribution is 0.0511. The molecule has 0 aliphatic rings. The third-order valence-corrected chi connectivity index (χ3v) is 5.01. The summed E-state index contributed by atoms with van der Waals surface area (Å²) in [4.78, 5) is 25.5. The number of aliphatic hydroxyl groups is 1. The van der Waals surface area contributed by atoms with Crippen molar-refractivity contribution in [2.45, 2.75) is 84.4 Å². The fraction of sp³-hybridized carbons (Fsp3) is 0.481. The van der Waals surface area contributed by atoms with Crippen molar-refractivity contribution < 1.29 is 14.7 Å². The summed E-state index contributed by atoms with van der Waals surface area (Å²) in [5.74, 6) is -0.259. The Bertz CT molecular complexity index is 950. The topological polar surface area (TPSA) is 78.4 Å². The van der Waals surface area contributed by atoms with Crippen molar-refractivity contribution in [2.24, 2.45) is 0 Å². The van der Waals surface area contributed by atoms with Crippen LogP contribution in [0.1, 0.15) is 86.7 Å². The molecule has 0 aliphatic heterocycles. The van der Waals surface area contributed by atoms with Gasteiger partial charge in [-0.25, -0.2) is 0 Å². The third-order valence-electron chi connectivity index (χ3n) is 5.01. The molecular formula is C27H38N2O3. The second-order valence-corrected chi connectivity index (χ2v) is 10.9. The molecule has 5 nitrogen and oxygen atoms in total. The van der Waals surface area contributed by atoms with Crippen molar-refractivity contribution in [1.82, 2.24) is 10.6 Å². The molecule has 2 amide bonds. The number of hydrogen-bond donors (Lipinski definition) is 3. The lowest BCUT2D eigenvalue weighted by Gasteiger charge is -2.26. The van der Waals surface area contributed by atoms with Gasteiger partial charge in [0.15, 0.2) is 0 Å². The zero-order valence-corrected chi connectivity index (χ0v) is 20.5. The number of carbonyl (C=O) groups excluding carboxylic acids is 2. The minimum Gasteiger partial charge on any atom is -0.390 e. The van der Waals surface area contributed by atoms with Crippen molar-refractivity contribution in [3.63, 3.8) is 0 Å². The summed E-state index contributed by atoms with van der Waals surface area (Å²) in [6, 6.07) is 14.9. The lowest BCUT2D eigenvalue weighted by Crippen LogP contribution is -2.41. The molecule has 0 bridgehead atoms. The smallest absolute Gasteiger partial charge is 0.251 e. The minimum absolute atomic E-state index is 0.114. The normalized spacial score (nSPS) is 13.9. The second-order valence-electron chi connectivity index (χ2n) is 10.9. The summed E-state index contributed by atoms with van der Waals surface area (Å²) in [6.45, 7) is 13.5. The molecule has 0 radical (unpaired) electrons. The van der Waals surface area contributed by atoms with Crippen LogP contribution in [0.15, 0.2) is 48.5 Å². The van der Waals surface area contributed by atoms with Gasteiger partial charge in [-0.05, 0) is 84.6 Å². The van der Waals surface area contributed by atoms with Crippen LogP contribution in [0.3, 0.4) is 0 Å². The van der Waals surface area contributed by atoms with E-state index < -0.39 is 5.60 Å². The van der Waals surface area contributed by atoms with Crippen LogP contribution in [0.2, 0.25) is 0 Å². The molecule has 0 fully saturated rings. The van der Waals surface area contributed by atoms with Gasteiger partial charge >= 0.3 is 0 Å². The Hall–Kier alpha value is -2.66. The first-order valence-corrected chi connectivity index (χ1v) is 11.2. The molecule has 174 valence electrons. The van der Waals surface area contributed by atoms with E-state index in [2.05, 4.69) is 10.6 Å². The lowest BCUT2D eigenvalue weighted by atomic mass is 9.87. The Kier molecular flexibility index (Phi) is 7.89. The van der Waals surface area contributed by atoms with E-state index in [1.54, 1.807) is 13.0 Å². The first-order valence-electron chi connectivity index (χ1n) is 11.2. The van der Waals surface area contributed by atoms with Gasteiger partial charge in [-0.3, -0.25) is 9.59 Å². The Morgan fingerprint density at radius 1 is 0.719 bits per heavy atom. The number of nitrogens with one attached hydrogen (secondary N) is 2. The number of carbonyl (C=O) groups is 2. The predicted octanol–water partition coefficient (Wildman–Crippen LogP) is 4.67. The van der Waals surface area contributed by atoms with Crippen LogP contribution < -0.4 is 10.6 Å². The summed E-state index contributed by atoms with van der Waals surface area (Å²) in [5, 5.41) is 17.1. The minimum atomic E-state index is -1.04. The molecule has 0 aliphatic carbocycles. The SMILES string of the molecule is CC(O)(CCc1ccccc1C(=O)NC(C)(C)C)Cc1ccccc1C(=O)NC(C)(C)C. The summed E-state index contributed by atoms with van der Waals surface area (Å²) in [5.41, 5.74) is 1.20. The second kappa shape index (κ2) is 9.86. The first-order chi connectivity index (χ1) is 14.7. The van der Waals surface area contributed by atoms with Crippen molar-refractivity contribution in [2.75, 3.05) is 0 Å². The fourth-order valence-corrected chi connectivity index (χ4v) is 3.57. The summed E-state index contributed by atoms with van der Waals surface area (Å²) < 4.78 is 0. The van der Waals surface area contributed by atoms with E-state index in [4.69, 9.17) is 0 Å². The molecule has 32 heavy (non-hydrogen) atoms. The number of hydrogen-bond acceptors (Lipinski definition) is 3. The van der Waals surface area contributed by atoms with E-state index in [9.17, 15) is 14.7 Å². The average Bonchev–Trinajstić information content (AvgIpc) is 2.64. The highest BCUT2D eigenvalue weighted by atomic mass is 16.3. The Morgan fingerprint density at radius 2 is 1.12 bits per heavy atom. The maximum atomic E-state index is 12.7. The van der Waals surface area contributed by atoms with Gasteiger partial charge in [0.25, 0.3) is 11.8 Å². The van der Waals surface area contributed by atoms with Gasteiger partial charge in [0, 0.05) is 28.6 Å². The highest BCUT2D eigenvalue weighted by Crippen LogP contribution is 2.24. The van der Waals surface area contributed by atoms with Gasteiger partial charge in [0.2, 0.25) is 0 Å². The van der Waals surface area contributed by atoms with Crippen molar-refractivity contribution in [3.05, 3.63) is 70.8 Å². The summed E-state index contributed by atoms with van der Waals surface area (Å²) in [7, 11) is 0. The Labute approximate surface area is 192 Å². The van der Waals surface area contributed by atoms with Crippen LogP contribution in [0.5, 0.6) is 0 Å². The fourth-order valence-electron chi connectivity index (χ4n) is 3.57. The quantitative estimate of drug-likeness (QED) is 0.588. The first kappa shape index (κ1) is 25.6. The molecule has 1 atom stereocenters. The molecular weight excluding hydrogens is 400 g/mol. The number of rotatable bonds is 7. The molecule has 2 aromatic rings. The molecule has 0 saturated carbocycles. The maximum absolute atomic E-state index is 12.7. The molecule has 0 spiro atoms. The van der Waals surface area contributed by atoms with Crippen LogP contribution in [0.25, 0.3) is 0 Å². The predicted molar refractivity (Wildman–Crippen MR) is 130 cm³/mol. The average molecular weight is 439 g/mol. The summed E-state index contributed by atoms with van der Waals surface area (Å²) in [6.07, 6.45) is 1.36. The monoisotopic (exact) mass is 438 g/mol. The van der Waals surface area contributed by atoms with Crippen LogP contribution in [-0.4, -0.2) is 33.6 Å². The zero-order chi connectivity index (χ0) is 24.2. The summed E-state index contributed by atoms with van der Waals surface area (Å²) >= 11 is 0. The Balaban J connectivity index is 2.15. The third kappa shape index (κ3) is 8.12. The Morgan fingerprint density at radius 3 is 1.59 bits per heavy atom. The van der Waals surface area contributed by atoms with Gasteiger partial charge in [-0.1, -0.05) is 36.4 Å². The van der Waals surface area contributed by atoms with E-state index >= 15 is 0 Å². The van der Waals surface area contributed by atoms with Gasteiger partial charge < -0.3 is 15.7 Å². The van der Waals surface area contributed by atoms with Gasteiger partial charge in [-0.2, -0.15) is 0 Å². The largest absolute Gasteiger partial charge is 0.390 e. The number of amides is 2. The molecule has 0 saturated heterocycles. The molecule has 0 heterocycles. The molecule has 1 unspecified atom stereocenters. The highest BCUT2D eigenvalue weighted by Gasteiger charge is 2.26. The van der Waals surface area contributed by atoms with Crippen molar-refractivity contribution in [1.29, 1.82) is 0 Å². The highest BCUT2D eigenvalue weighted by molar-refractivity contribution is 5.96. The van der Waals surface area contributed by atoms with Crippen LogP contribution >= 0.6 is 0 Å². The van der Waals surface area contributed by atoms with E-state index in [0.717, 1.165) is 11.1 Å². The van der Waals surface area contributed by atoms with Crippen molar-refractivity contribution >= 4 is 11.8 Å². The molecule has 0 aromatic heterocycles. The van der Waals surface area contributed by atoms with E-state index in [0.29, 0.717) is 30.4 Å². The molecule has 2 rings (SSSR count). The van der Waals surface area contributed by atoms with Crippen LogP contribution in [0, 0.1) is 0 Å². The van der Waals surface area contributed by atoms with Crippen molar-refractivity contribution in [3.8, 4) is 0 Å². The van der Waals surface area contributed by atoms with Gasteiger partial charge in [0.05, 0.1) is 5.60 Å². The standard InChI is InChI=1S/C27H38N2O3/c1-25(2,3)28-23(30)21-14-10-8-12-19(21)16-17-27(7,32)18-20-13-9-11-15-22(20)24(31)29-26(4,5)6/h8-15,32H,16-18H2,1-7H3,(H,28,30)(H,29,31). The molecule has 5 heteroatoms. The van der Waals surface area contributed by atoms with Gasteiger partial charge in [-0.15, -0.1) is 0 Å². The van der Waals surface area contributed by atoms with E-state index in [1.807, 2.05) is 84.0 Å². The number of benzene rings is 2. The maximum Gasteiger partial charge on any atom is 0.251 e.